The number of hydrogen-bond acceptors (Lipinski definition) is 5. The van der Waals surface area contributed by atoms with Crippen molar-refractivity contribution < 1.29 is 9.53 Å². The highest BCUT2D eigenvalue weighted by molar-refractivity contribution is 5.90. The summed E-state index contributed by atoms with van der Waals surface area (Å²) in [5.74, 6) is 0.693. The number of ether oxygens (including phenoxy) is 1. The van der Waals surface area contributed by atoms with Gasteiger partial charge in [-0.25, -0.2) is 19.1 Å². The molecule has 3 heterocycles. The standard InChI is InChI=1S/C16H17N5O2/c1-2-3-10-23-16(22)13-11-14(20-8-4-6-17-20)19-15(12-13)21-9-5-7-18-21/h4-9,11-12H,2-3,10H2,1H3. The van der Waals surface area contributed by atoms with Crippen molar-refractivity contribution in [1.29, 1.82) is 0 Å². The van der Waals surface area contributed by atoms with Crippen molar-refractivity contribution in [3.8, 4) is 11.6 Å². The summed E-state index contributed by atoms with van der Waals surface area (Å²) in [5.41, 5.74) is 0.423. The molecule has 7 heteroatoms. The Morgan fingerprint density at radius 3 is 2.17 bits per heavy atom. The molecule has 0 aromatic carbocycles. The van der Waals surface area contributed by atoms with E-state index in [1.165, 1.54) is 0 Å². The van der Waals surface area contributed by atoms with E-state index >= 15 is 0 Å². The van der Waals surface area contributed by atoms with Crippen LogP contribution in [0.15, 0.2) is 49.1 Å². The van der Waals surface area contributed by atoms with Crippen molar-refractivity contribution in [2.45, 2.75) is 19.8 Å². The second-order valence-corrected chi connectivity index (χ2v) is 4.96. The Morgan fingerprint density at radius 1 is 1.09 bits per heavy atom. The van der Waals surface area contributed by atoms with Crippen LogP contribution >= 0.6 is 0 Å². The summed E-state index contributed by atoms with van der Waals surface area (Å²) in [6, 6.07) is 6.91. The lowest BCUT2D eigenvalue weighted by atomic mass is 10.2. The van der Waals surface area contributed by atoms with E-state index in [1.807, 2.05) is 6.92 Å². The normalized spacial score (nSPS) is 10.7. The summed E-state index contributed by atoms with van der Waals surface area (Å²) in [7, 11) is 0. The molecule has 118 valence electrons. The highest BCUT2D eigenvalue weighted by Gasteiger charge is 2.13. The highest BCUT2D eigenvalue weighted by atomic mass is 16.5. The Bertz CT molecular complexity index is 713. The molecular formula is C16H17N5O2. The summed E-state index contributed by atoms with van der Waals surface area (Å²) in [4.78, 5) is 16.7. The average Bonchev–Trinajstić information content (AvgIpc) is 3.28. The van der Waals surface area contributed by atoms with E-state index in [4.69, 9.17) is 4.74 Å². The van der Waals surface area contributed by atoms with Crippen molar-refractivity contribution in [3.63, 3.8) is 0 Å². The Kier molecular flexibility index (Phi) is 4.46. The summed E-state index contributed by atoms with van der Waals surface area (Å²) in [6.07, 6.45) is 8.65. The number of carbonyl (C=O) groups excluding carboxylic acids is 1. The van der Waals surface area contributed by atoms with Crippen molar-refractivity contribution in [3.05, 3.63) is 54.6 Å². The molecule has 23 heavy (non-hydrogen) atoms. The first-order valence-corrected chi connectivity index (χ1v) is 7.47. The topological polar surface area (TPSA) is 74.8 Å². The molecule has 0 fully saturated rings. The Hall–Kier alpha value is -2.96. The zero-order valence-corrected chi connectivity index (χ0v) is 12.8. The number of pyridine rings is 1. The van der Waals surface area contributed by atoms with Gasteiger partial charge in [0.1, 0.15) is 0 Å². The van der Waals surface area contributed by atoms with Crippen molar-refractivity contribution >= 4 is 5.97 Å². The van der Waals surface area contributed by atoms with Crippen molar-refractivity contribution in [1.82, 2.24) is 24.5 Å². The van der Waals surface area contributed by atoms with E-state index in [2.05, 4.69) is 15.2 Å². The molecule has 7 nitrogen and oxygen atoms in total. The van der Waals surface area contributed by atoms with Gasteiger partial charge in [-0.15, -0.1) is 0 Å². The first kappa shape index (κ1) is 15.0. The minimum Gasteiger partial charge on any atom is -0.462 e. The van der Waals surface area contributed by atoms with E-state index in [1.54, 1.807) is 58.4 Å². The minimum atomic E-state index is -0.373. The molecule has 0 aliphatic rings. The fourth-order valence-electron chi connectivity index (χ4n) is 2.06. The zero-order chi connectivity index (χ0) is 16.1. The van der Waals surface area contributed by atoms with Gasteiger partial charge < -0.3 is 4.74 Å². The second kappa shape index (κ2) is 6.87. The predicted octanol–water partition coefficient (Wildman–Crippen LogP) is 2.41. The number of hydrogen-bond donors (Lipinski definition) is 0. The van der Waals surface area contributed by atoms with Crippen LogP contribution in [0.1, 0.15) is 30.1 Å². The molecule has 0 spiro atoms. The monoisotopic (exact) mass is 311 g/mol. The third kappa shape index (κ3) is 3.45. The van der Waals surface area contributed by atoms with E-state index < -0.39 is 0 Å². The van der Waals surface area contributed by atoms with E-state index in [9.17, 15) is 4.79 Å². The summed E-state index contributed by atoms with van der Waals surface area (Å²) in [5, 5.41) is 8.31. The van der Waals surface area contributed by atoms with Crippen LogP contribution in [0.5, 0.6) is 0 Å². The van der Waals surface area contributed by atoms with E-state index in [0.29, 0.717) is 23.8 Å². The second-order valence-electron chi connectivity index (χ2n) is 4.96. The summed E-state index contributed by atoms with van der Waals surface area (Å²) >= 11 is 0. The van der Waals surface area contributed by atoms with Gasteiger partial charge in [0.25, 0.3) is 0 Å². The number of unbranched alkanes of at least 4 members (excludes halogenated alkanes) is 1. The molecule has 0 aliphatic heterocycles. The van der Waals surface area contributed by atoms with Crippen LogP contribution < -0.4 is 0 Å². The number of aromatic nitrogens is 5. The van der Waals surface area contributed by atoms with Crippen LogP contribution in [-0.4, -0.2) is 37.1 Å². The van der Waals surface area contributed by atoms with Gasteiger partial charge in [0, 0.05) is 24.8 Å². The Morgan fingerprint density at radius 2 is 1.70 bits per heavy atom. The molecule has 3 rings (SSSR count). The summed E-state index contributed by atoms with van der Waals surface area (Å²) < 4.78 is 8.47. The minimum absolute atomic E-state index is 0.373. The van der Waals surface area contributed by atoms with Gasteiger partial charge in [-0.1, -0.05) is 13.3 Å². The van der Waals surface area contributed by atoms with Gasteiger partial charge in [0.05, 0.1) is 12.2 Å². The third-order valence-electron chi connectivity index (χ3n) is 3.24. The number of carbonyl (C=O) groups is 1. The molecule has 0 atom stereocenters. The average molecular weight is 311 g/mol. The molecule has 0 N–H and O–H groups in total. The van der Waals surface area contributed by atoms with Gasteiger partial charge in [0.15, 0.2) is 11.6 Å². The van der Waals surface area contributed by atoms with Gasteiger partial charge in [-0.3, -0.25) is 0 Å². The van der Waals surface area contributed by atoms with Gasteiger partial charge >= 0.3 is 5.97 Å². The molecule has 0 saturated heterocycles. The molecule has 0 unspecified atom stereocenters. The lowest BCUT2D eigenvalue weighted by Crippen LogP contribution is -2.11. The quantitative estimate of drug-likeness (QED) is 0.516. The number of rotatable bonds is 6. The molecule has 0 aliphatic carbocycles. The molecule has 3 aromatic rings. The molecule has 0 radical (unpaired) electrons. The SMILES string of the molecule is CCCCOC(=O)c1cc(-n2cccn2)nc(-n2cccn2)c1. The van der Waals surface area contributed by atoms with Crippen LogP contribution in [0.2, 0.25) is 0 Å². The lowest BCUT2D eigenvalue weighted by molar-refractivity contribution is 0.0499. The van der Waals surface area contributed by atoms with E-state index in [-0.39, 0.29) is 5.97 Å². The maximum absolute atomic E-state index is 12.3. The van der Waals surface area contributed by atoms with Gasteiger partial charge in [0.2, 0.25) is 0 Å². The maximum Gasteiger partial charge on any atom is 0.338 e. The van der Waals surface area contributed by atoms with Gasteiger partial charge in [-0.05, 0) is 30.7 Å². The predicted molar refractivity (Wildman–Crippen MR) is 83.7 cm³/mol. The molecule has 0 bridgehead atoms. The first-order valence-electron chi connectivity index (χ1n) is 7.47. The maximum atomic E-state index is 12.3. The summed E-state index contributed by atoms with van der Waals surface area (Å²) in [6.45, 7) is 2.46. The number of esters is 1. The van der Waals surface area contributed by atoms with Crippen LogP contribution in [0.4, 0.5) is 0 Å². The Labute approximate surface area is 133 Å². The van der Waals surface area contributed by atoms with Crippen LogP contribution in [0.3, 0.4) is 0 Å². The molecule has 0 amide bonds. The zero-order valence-electron chi connectivity index (χ0n) is 12.8. The van der Waals surface area contributed by atoms with Crippen LogP contribution in [0.25, 0.3) is 11.6 Å². The van der Waals surface area contributed by atoms with Crippen molar-refractivity contribution in [2.75, 3.05) is 6.61 Å². The fraction of sp³-hybridized carbons (Fsp3) is 0.250. The first-order chi connectivity index (χ1) is 11.3. The third-order valence-corrected chi connectivity index (χ3v) is 3.24. The molecule has 0 saturated carbocycles. The Balaban J connectivity index is 1.96. The molecule has 3 aromatic heterocycles. The fourth-order valence-corrected chi connectivity index (χ4v) is 2.06. The highest BCUT2D eigenvalue weighted by Crippen LogP contribution is 2.14. The largest absolute Gasteiger partial charge is 0.462 e. The lowest BCUT2D eigenvalue weighted by Gasteiger charge is -2.09. The van der Waals surface area contributed by atoms with E-state index in [0.717, 1.165) is 12.8 Å². The van der Waals surface area contributed by atoms with Crippen LogP contribution in [-0.2, 0) is 4.74 Å². The number of nitrogens with zero attached hydrogens (tertiary/aromatic N) is 5. The van der Waals surface area contributed by atoms with Crippen molar-refractivity contribution in [2.24, 2.45) is 0 Å². The smallest absolute Gasteiger partial charge is 0.338 e. The van der Waals surface area contributed by atoms with Gasteiger partial charge in [-0.2, -0.15) is 10.2 Å². The molecular weight excluding hydrogens is 294 g/mol. The van der Waals surface area contributed by atoms with Crippen LogP contribution in [0, 0.1) is 0 Å².